The first-order chi connectivity index (χ1) is 16.4. The van der Waals surface area contributed by atoms with Gasteiger partial charge in [-0.15, -0.1) is 0 Å². The van der Waals surface area contributed by atoms with Crippen molar-refractivity contribution in [3.8, 4) is 17.5 Å². The average Bonchev–Trinajstić information content (AvgIpc) is 3.68. The Kier molecular flexibility index (Phi) is 5.96. The molecule has 34 heavy (non-hydrogen) atoms. The van der Waals surface area contributed by atoms with Gasteiger partial charge in [-0.2, -0.15) is 5.26 Å². The number of nitriles is 1. The number of hydrogen-bond donors (Lipinski definition) is 0. The summed E-state index contributed by atoms with van der Waals surface area (Å²) in [6, 6.07) is 6.89. The Balaban J connectivity index is 1.30. The number of ether oxygens (including phenoxy) is 1. The van der Waals surface area contributed by atoms with Crippen molar-refractivity contribution >= 4 is 17.5 Å². The third-order valence-corrected chi connectivity index (χ3v) is 6.69. The van der Waals surface area contributed by atoms with E-state index in [0.29, 0.717) is 5.92 Å². The summed E-state index contributed by atoms with van der Waals surface area (Å²) in [6.45, 7) is 3.52. The van der Waals surface area contributed by atoms with Gasteiger partial charge in [0.05, 0.1) is 16.3 Å². The molecule has 7 nitrogen and oxygen atoms in total. The summed E-state index contributed by atoms with van der Waals surface area (Å²) in [7, 11) is 0. The first kappa shape index (κ1) is 22.4. The lowest BCUT2D eigenvalue weighted by Gasteiger charge is -2.37. The molecule has 2 fully saturated rings. The second kappa shape index (κ2) is 9.07. The number of piperidine rings is 1. The van der Waals surface area contributed by atoms with Crippen molar-refractivity contribution in [3.05, 3.63) is 75.2 Å². The molecule has 3 aromatic rings. The van der Waals surface area contributed by atoms with E-state index in [9.17, 15) is 14.4 Å². The van der Waals surface area contributed by atoms with Gasteiger partial charge in [-0.3, -0.25) is 9.36 Å². The maximum absolute atomic E-state index is 13.7. The van der Waals surface area contributed by atoms with Crippen molar-refractivity contribution in [1.82, 2.24) is 14.5 Å². The van der Waals surface area contributed by atoms with Gasteiger partial charge in [-0.25, -0.2) is 14.4 Å². The molecule has 1 aliphatic heterocycles. The predicted octanol–water partition coefficient (Wildman–Crippen LogP) is 4.46. The minimum absolute atomic E-state index is 0.135. The second-order valence-corrected chi connectivity index (χ2v) is 9.33. The van der Waals surface area contributed by atoms with Crippen LogP contribution in [0.25, 0.3) is 5.69 Å². The van der Waals surface area contributed by atoms with Crippen LogP contribution < -0.4 is 15.2 Å². The Morgan fingerprint density at radius 1 is 1.21 bits per heavy atom. The third-order valence-electron chi connectivity index (χ3n) is 6.40. The average molecular weight is 480 g/mol. The number of hydrogen-bond acceptors (Lipinski definition) is 6. The number of nitrogens with zero attached hydrogens (tertiary/aromatic N) is 5. The van der Waals surface area contributed by atoms with Crippen molar-refractivity contribution < 1.29 is 9.13 Å². The number of anilines is 1. The van der Waals surface area contributed by atoms with Crippen LogP contribution in [0.4, 0.5) is 10.3 Å². The Morgan fingerprint density at radius 3 is 2.65 bits per heavy atom. The number of rotatable bonds is 5. The fourth-order valence-electron chi connectivity index (χ4n) is 4.33. The van der Waals surface area contributed by atoms with Gasteiger partial charge in [0.15, 0.2) is 0 Å². The second-order valence-electron chi connectivity index (χ2n) is 8.93. The first-order valence-electron chi connectivity index (χ1n) is 11.3. The lowest BCUT2D eigenvalue weighted by molar-refractivity contribution is 0.121. The Labute approximate surface area is 201 Å². The fraction of sp³-hybridized carbons (Fsp3) is 0.360. The molecule has 2 atom stereocenters. The van der Waals surface area contributed by atoms with Crippen LogP contribution in [0.3, 0.4) is 0 Å². The smallest absolute Gasteiger partial charge is 0.258 e. The van der Waals surface area contributed by atoms with Crippen molar-refractivity contribution in [2.24, 2.45) is 5.92 Å². The zero-order valence-corrected chi connectivity index (χ0v) is 19.4. The van der Waals surface area contributed by atoms with Crippen LogP contribution in [0.15, 0.2) is 47.7 Å². The molecule has 0 bridgehead atoms. The van der Waals surface area contributed by atoms with Crippen LogP contribution in [-0.2, 0) is 0 Å². The van der Waals surface area contributed by atoms with Crippen molar-refractivity contribution in [2.45, 2.75) is 38.2 Å². The van der Waals surface area contributed by atoms with Gasteiger partial charge >= 0.3 is 0 Å². The van der Waals surface area contributed by atoms with E-state index >= 15 is 0 Å². The Morgan fingerprint density at radius 2 is 1.97 bits per heavy atom. The molecule has 0 N–H and O–H groups in total. The zero-order chi connectivity index (χ0) is 23.8. The van der Waals surface area contributed by atoms with Crippen LogP contribution in [0.1, 0.15) is 43.2 Å². The highest BCUT2D eigenvalue weighted by molar-refractivity contribution is 6.31. The van der Waals surface area contributed by atoms with E-state index in [1.807, 2.05) is 18.5 Å². The van der Waals surface area contributed by atoms with Gasteiger partial charge in [0.25, 0.3) is 5.56 Å². The molecular weight excluding hydrogens is 457 g/mol. The molecule has 1 saturated heterocycles. The van der Waals surface area contributed by atoms with Gasteiger partial charge in [0.1, 0.15) is 23.7 Å². The summed E-state index contributed by atoms with van der Waals surface area (Å²) in [5.74, 6) is 1.21. The van der Waals surface area contributed by atoms with E-state index in [4.69, 9.17) is 16.3 Å². The van der Waals surface area contributed by atoms with Gasteiger partial charge in [0.2, 0.25) is 5.95 Å². The lowest BCUT2D eigenvalue weighted by atomic mass is 9.96. The molecule has 5 rings (SSSR count). The molecule has 9 heteroatoms. The SMILES string of the molecule is CC1CN(c2ncc(C3CC3)cn2)CCC1Oc1cc(=O)n(-c2cc(F)ccc2C#N)cc1Cl. The summed E-state index contributed by atoms with van der Waals surface area (Å²) < 4.78 is 21.0. The van der Waals surface area contributed by atoms with Crippen LogP contribution in [0.2, 0.25) is 5.02 Å². The lowest BCUT2D eigenvalue weighted by Crippen LogP contribution is -2.45. The van der Waals surface area contributed by atoms with Crippen LogP contribution in [0, 0.1) is 23.1 Å². The highest BCUT2D eigenvalue weighted by Gasteiger charge is 2.30. The Hall–Kier alpha value is -3.44. The molecule has 0 radical (unpaired) electrons. The quantitative estimate of drug-likeness (QED) is 0.537. The van der Waals surface area contributed by atoms with E-state index in [1.54, 1.807) is 0 Å². The van der Waals surface area contributed by atoms with Gasteiger partial charge in [-0.1, -0.05) is 18.5 Å². The maximum atomic E-state index is 13.7. The molecule has 3 heterocycles. The minimum Gasteiger partial charge on any atom is -0.488 e. The number of aromatic nitrogens is 3. The van der Waals surface area contributed by atoms with E-state index < -0.39 is 11.4 Å². The molecule has 1 aromatic carbocycles. The van der Waals surface area contributed by atoms with E-state index in [-0.39, 0.29) is 34.0 Å². The fourth-order valence-corrected chi connectivity index (χ4v) is 4.53. The third kappa shape index (κ3) is 4.48. The van der Waals surface area contributed by atoms with E-state index in [0.717, 1.165) is 36.1 Å². The largest absolute Gasteiger partial charge is 0.488 e. The standard InChI is InChI=1S/C25H23ClFN5O2/c1-15-13-31(25-29-11-18(12-30-25)16-2-3-16)7-6-22(15)34-23-9-24(33)32(14-20(23)26)21-8-19(27)5-4-17(21)10-28/h4-5,8-9,11-12,14-16,22H,2-3,6-7,13H2,1H3. The van der Waals surface area contributed by atoms with Crippen molar-refractivity contribution in [3.63, 3.8) is 0 Å². The number of halogens is 2. The van der Waals surface area contributed by atoms with E-state index in [2.05, 4.69) is 21.8 Å². The zero-order valence-electron chi connectivity index (χ0n) is 18.6. The van der Waals surface area contributed by atoms with Gasteiger partial charge in [-0.05, 0) is 42.5 Å². The van der Waals surface area contributed by atoms with Crippen LogP contribution in [-0.4, -0.2) is 33.7 Å². The maximum Gasteiger partial charge on any atom is 0.258 e. The highest BCUT2D eigenvalue weighted by Crippen LogP contribution is 2.39. The monoisotopic (exact) mass is 479 g/mol. The molecule has 1 aliphatic carbocycles. The predicted molar refractivity (Wildman–Crippen MR) is 126 cm³/mol. The summed E-state index contributed by atoms with van der Waals surface area (Å²) in [5.41, 5.74) is 1.05. The summed E-state index contributed by atoms with van der Waals surface area (Å²) >= 11 is 6.43. The minimum atomic E-state index is -0.552. The summed E-state index contributed by atoms with van der Waals surface area (Å²) in [4.78, 5) is 24.0. The molecule has 0 amide bonds. The highest BCUT2D eigenvalue weighted by atomic mass is 35.5. The number of benzene rings is 1. The topological polar surface area (TPSA) is 84.0 Å². The molecule has 2 aromatic heterocycles. The molecule has 0 spiro atoms. The molecule has 1 saturated carbocycles. The van der Waals surface area contributed by atoms with E-state index in [1.165, 1.54) is 42.8 Å². The summed E-state index contributed by atoms with van der Waals surface area (Å²) in [6.07, 6.45) is 8.24. The molecule has 2 aliphatic rings. The Bertz CT molecular complexity index is 1320. The van der Waals surface area contributed by atoms with Crippen molar-refractivity contribution in [2.75, 3.05) is 18.0 Å². The normalized spacial score (nSPS) is 20.1. The molecule has 174 valence electrons. The molecular formula is C25H23ClFN5O2. The summed E-state index contributed by atoms with van der Waals surface area (Å²) in [5, 5.41) is 9.53. The first-order valence-corrected chi connectivity index (χ1v) is 11.7. The van der Waals surface area contributed by atoms with Crippen LogP contribution >= 0.6 is 11.6 Å². The van der Waals surface area contributed by atoms with Crippen molar-refractivity contribution in [1.29, 1.82) is 5.26 Å². The van der Waals surface area contributed by atoms with Crippen LogP contribution in [0.5, 0.6) is 5.75 Å². The van der Waals surface area contributed by atoms with Gasteiger partial charge in [0, 0.05) is 50.1 Å². The number of pyridine rings is 1. The molecule has 2 unspecified atom stereocenters. The van der Waals surface area contributed by atoms with Gasteiger partial charge < -0.3 is 9.64 Å².